The minimum atomic E-state index is -0.480. The van der Waals surface area contributed by atoms with E-state index in [9.17, 15) is 14.9 Å². The zero-order chi connectivity index (χ0) is 16.8. The van der Waals surface area contributed by atoms with E-state index < -0.39 is 4.92 Å². The number of hydrogen-bond acceptors (Lipinski definition) is 3. The average Bonchev–Trinajstić information content (AvgIpc) is 2.53. The number of para-hydroxylation sites is 1. The standard InChI is InChI=1S/C17H15ClN2O3/c1-12(14-6-4-7-15(18)11-14)19-17(21)10-9-13-5-2-3-8-16(13)20(22)23/h2-12H,1H3,(H,19,21)/b10-9+/t12-/m1/s1. The molecule has 0 bridgehead atoms. The van der Waals surface area contributed by atoms with Gasteiger partial charge in [0.25, 0.3) is 5.69 Å². The van der Waals surface area contributed by atoms with Gasteiger partial charge in [-0.05, 0) is 36.8 Å². The number of hydrogen-bond donors (Lipinski definition) is 1. The number of rotatable bonds is 5. The van der Waals surface area contributed by atoms with Crippen LogP contribution in [0.5, 0.6) is 0 Å². The molecule has 1 amide bonds. The van der Waals surface area contributed by atoms with Crippen LogP contribution < -0.4 is 5.32 Å². The van der Waals surface area contributed by atoms with Crippen molar-refractivity contribution in [3.63, 3.8) is 0 Å². The maximum atomic E-state index is 12.0. The molecular weight excluding hydrogens is 316 g/mol. The SMILES string of the molecule is C[C@@H](NC(=O)/C=C/c1ccccc1[N+](=O)[O-])c1cccc(Cl)c1. The van der Waals surface area contributed by atoms with E-state index in [1.54, 1.807) is 30.3 Å². The van der Waals surface area contributed by atoms with Gasteiger partial charge in [-0.25, -0.2) is 0 Å². The molecule has 2 aromatic carbocycles. The van der Waals surface area contributed by atoms with E-state index in [0.29, 0.717) is 10.6 Å². The highest BCUT2D eigenvalue weighted by Crippen LogP contribution is 2.19. The molecule has 0 spiro atoms. The summed E-state index contributed by atoms with van der Waals surface area (Å²) in [5.41, 5.74) is 1.22. The quantitative estimate of drug-likeness (QED) is 0.508. The number of carbonyl (C=O) groups excluding carboxylic acids is 1. The van der Waals surface area contributed by atoms with Crippen molar-refractivity contribution in [1.82, 2.24) is 5.32 Å². The summed E-state index contributed by atoms with van der Waals surface area (Å²) < 4.78 is 0. The number of amides is 1. The molecule has 0 aromatic heterocycles. The lowest BCUT2D eigenvalue weighted by atomic mass is 10.1. The van der Waals surface area contributed by atoms with Crippen LogP contribution in [0.4, 0.5) is 5.69 Å². The monoisotopic (exact) mass is 330 g/mol. The largest absolute Gasteiger partial charge is 0.346 e. The molecule has 0 radical (unpaired) electrons. The van der Waals surface area contributed by atoms with Crippen molar-refractivity contribution in [2.75, 3.05) is 0 Å². The van der Waals surface area contributed by atoms with Crippen molar-refractivity contribution >= 4 is 29.3 Å². The number of nitrogens with zero attached hydrogens (tertiary/aromatic N) is 1. The number of halogens is 1. The third-order valence-electron chi connectivity index (χ3n) is 3.26. The summed E-state index contributed by atoms with van der Waals surface area (Å²) in [4.78, 5) is 22.4. The fraction of sp³-hybridized carbons (Fsp3) is 0.118. The smallest absolute Gasteiger partial charge is 0.276 e. The Hall–Kier alpha value is -2.66. The molecule has 0 aliphatic rings. The van der Waals surface area contributed by atoms with Gasteiger partial charge in [0.05, 0.1) is 16.5 Å². The number of benzene rings is 2. The minimum absolute atomic E-state index is 0.0422. The zero-order valence-corrected chi connectivity index (χ0v) is 13.2. The lowest BCUT2D eigenvalue weighted by Gasteiger charge is -2.13. The molecule has 0 unspecified atom stereocenters. The second-order valence-electron chi connectivity index (χ2n) is 4.93. The second kappa shape index (κ2) is 7.56. The Morgan fingerprint density at radius 3 is 2.70 bits per heavy atom. The molecule has 0 saturated carbocycles. The Morgan fingerprint density at radius 1 is 1.26 bits per heavy atom. The summed E-state index contributed by atoms with van der Waals surface area (Å²) >= 11 is 5.92. The maximum Gasteiger partial charge on any atom is 0.276 e. The Balaban J connectivity index is 2.06. The second-order valence-corrected chi connectivity index (χ2v) is 5.37. The first-order valence-electron chi connectivity index (χ1n) is 6.95. The topological polar surface area (TPSA) is 72.2 Å². The average molecular weight is 331 g/mol. The van der Waals surface area contributed by atoms with Gasteiger partial charge in [0, 0.05) is 17.2 Å². The first kappa shape index (κ1) is 16.7. The normalized spacial score (nSPS) is 12.1. The molecule has 5 nitrogen and oxygen atoms in total. The van der Waals surface area contributed by atoms with Gasteiger partial charge >= 0.3 is 0 Å². The highest BCUT2D eigenvalue weighted by atomic mass is 35.5. The highest BCUT2D eigenvalue weighted by Gasteiger charge is 2.11. The van der Waals surface area contributed by atoms with Crippen molar-refractivity contribution in [3.8, 4) is 0 Å². The van der Waals surface area contributed by atoms with Crippen LogP contribution in [-0.4, -0.2) is 10.8 Å². The van der Waals surface area contributed by atoms with Crippen molar-refractivity contribution in [2.45, 2.75) is 13.0 Å². The summed E-state index contributed by atoms with van der Waals surface area (Å²) in [6.45, 7) is 1.84. The molecular formula is C17H15ClN2O3. The van der Waals surface area contributed by atoms with Gasteiger partial charge in [0.2, 0.25) is 5.91 Å². The van der Waals surface area contributed by atoms with Crippen LogP contribution >= 0.6 is 11.6 Å². The lowest BCUT2D eigenvalue weighted by molar-refractivity contribution is -0.385. The van der Waals surface area contributed by atoms with Crippen LogP contribution in [0.2, 0.25) is 5.02 Å². The fourth-order valence-corrected chi connectivity index (χ4v) is 2.28. The Bertz CT molecular complexity index is 759. The molecule has 0 fully saturated rings. The molecule has 23 heavy (non-hydrogen) atoms. The molecule has 0 heterocycles. The molecule has 0 aliphatic heterocycles. The Labute approximate surface area is 138 Å². The number of nitrogens with one attached hydrogen (secondary N) is 1. The molecule has 1 atom stereocenters. The van der Waals surface area contributed by atoms with Gasteiger partial charge in [-0.3, -0.25) is 14.9 Å². The lowest BCUT2D eigenvalue weighted by Crippen LogP contribution is -2.24. The number of nitro benzene ring substituents is 1. The van der Waals surface area contributed by atoms with E-state index in [1.165, 1.54) is 18.2 Å². The van der Waals surface area contributed by atoms with E-state index >= 15 is 0 Å². The van der Waals surface area contributed by atoms with E-state index in [4.69, 9.17) is 11.6 Å². The van der Waals surface area contributed by atoms with Gasteiger partial charge in [0.15, 0.2) is 0 Å². The third-order valence-corrected chi connectivity index (χ3v) is 3.49. The van der Waals surface area contributed by atoms with Crippen molar-refractivity contribution < 1.29 is 9.72 Å². The number of nitro groups is 1. The molecule has 2 aromatic rings. The van der Waals surface area contributed by atoms with Crippen LogP contribution in [0.1, 0.15) is 24.1 Å². The zero-order valence-electron chi connectivity index (χ0n) is 12.4. The maximum absolute atomic E-state index is 12.0. The van der Waals surface area contributed by atoms with E-state index in [1.807, 2.05) is 19.1 Å². The van der Waals surface area contributed by atoms with E-state index in [0.717, 1.165) is 5.56 Å². The Kier molecular flexibility index (Phi) is 5.49. The Morgan fingerprint density at radius 2 is 2.00 bits per heavy atom. The fourth-order valence-electron chi connectivity index (χ4n) is 2.08. The molecule has 0 saturated heterocycles. The van der Waals surface area contributed by atoms with Gasteiger partial charge in [-0.2, -0.15) is 0 Å². The van der Waals surface area contributed by atoms with Crippen LogP contribution in [0, 0.1) is 10.1 Å². The predicted molar refractivity (Wildman–Crippen MR) is 90.1 cm³/mol. The van der Waals surface area contributed by atoms with E-state index in [2.05, 4.69) is 5.32 Å². The van der Waals surface area contributed by atoms with Gasteiger partial charge < -0.3 is 5.32 Å². The van der Waals surface area contributed by atoms with Crippen molar-refractivity contribution in [1.29, 1.82) is 0 Å². The van der Waals surface area contributed by atoms with E-state index in [-0.39, 0.29) is 17.6 Å². The van der Waals surface area contributed by atoms with Crippen LogP contribution in [-0.2, 0) is 4.79 Å². The van der Waals surface area contributed by atoms with Crippen molar-refractivity contribution in [3.05, 3.63) is 80.9 Å². The molecule has 118 valence electrons. The van der Waals surface area contributed by atoms with Crippen molar-refractivity contribution in [2.24, 2.45) is 0 Å². The summed E-state index contributed by atoms with van der Waals surface area (Å²) in [7, 11) is 0. The number of carbonyl (C=O) groups is 1. The molecule has 6 heteroatoms. The summed E-state index contributed by atoms with van der Waals surface area (Å²) in [6.07, 6.45) is 2.71. The third kappa shape index (κ3) is 4.66. The predicted octanol–water partition coefficient (Wildman–Crippen LogP) is 4.14. The molecule has 2 rings (SSSR count). The first-order valence-corrected chi connectivity index (χ1v) is 7.32. The van der Waals surface area contributed by atoms with Gasteiger partial charge in [-0.15, -0.1) is 0 Å². The first-order chi connectivity index (χ1) is 11.0. The minimum Gasteiger partial charge on any atom is -0.346 e. The molecule has 1 N–H and O–H groups in total. The van der Waals surface area contributed by atoms with Crippen LogP contribution in [0.3, 0.4) is 0 Å². The van der Waals surface area contributed by atoms with Gasteiger partial charge in [-0.1, -0.05) is 35.9 Å². The summed E-state index contributed by atoms with van der Waals surface area (Å²) in [5, 5.41) is 14.3. The summed E-state index contributed by atoms with van der Waals surface area (Å²) in [5.74, 6) is -0.337. The van der Waals surface area contributed by atoms with Crippen LogP contribution in [0.25, 0.3) is 6.08 Å². The molecule has 0 aliphatic carbocycles. The van der Waals surface area contributed by atoms with Gasteiger partial charge in [0.1, 0.15) is 0 Å². The highest BCUT2D eigenvalue weighted by molar-refractivity contribution is 6.30. The van der Waals surface area contributed by atoms with Crippen LogP contribution in [0.15, 0.2) is 54.6 Å². The summed E-state index contributed by atoms with van der Waals surface area (Å²) in [6, 6.07) is 13.2.